The van der Waals surface area contributed by atoms with Gasteiger partial charge in [-0.25, -0.2) is 0 Å². The predicted molar refractivity (Wildman–Crippen MR) is 72.3 cm³/mol. The van der Waals surface area contributed by atoms with Crippen LogP contribution < -0.4 is 0 Å². The van der Waals surface area contributed by atoms with Gasteiger partial charge in [-0.3, -0.25) is 14.9 Å². The zero-order valence-corrected chi connectivity index (χ0v) is 11.5. The summed E-state index contributed by atoms with van der Waals surface area (Å²) in [4.78, 5) is 22.0. The molecule has 0 aliphatic rings. The van der Waals surface area contributed by atoms with E-state index < -0.39 is 4.92 Å². The number of ether oxygens (including phenoxy) is 1. The monoisotopic (exact) mass is 265 g/mol. The summed E-state index contributed by atoms with van der Waals surface area (Å²) in [7, 11) is 0. The molecule has 0 aromatic heterocycles. The van der Waals surface area contributed by atoms with Crippen LogP contribution in [0.15, 0.2) is 24.3 Å². The van der Waals surface area contributed by atoms with E-state index in [0.717, 1.165) is 6.42 Å². The van der Waals surface area contributed by atoms with Crippen molar-refractivity contribution < 1.29 is 14.5 Å². The highest BCUT2D eigenvalue weighted by atomic mass is 16.6. The van der Waals surface area contributed by atoms with Crippen LogP contribution in [-0.4, -0.2) is 23.4 Å². The Kier molecular flexibility index (Phi) is 5.63. The lowest BCUT2D eigenvalue weighted by Gasteiger charge is -2.14. The molecular weight excluding hydrogens is 246 g/mol. The first kappa shape index (κ1) is 15.3. The van der Waals surface area contributed by atoms with E-state index in [9.17, 15) is 14.9 Å². The number of hydrogen-bond acceptors (Lipinski definition) is 4. The van der Waals surface area contributed by atoms with E-state index in [4.69, 9.17) is 4.74 Å². The number of rotatable bonds is 7. The molecule has 1 rings (SSSR count). The number of carbonyl (C=O) groups excluding carboxylic acids is 1. The summed E-state index contributed by atoms with van der Waals surface area (Å²) in [6.45, 7) is 6.04. The van der Waals surface area contributed by atoms with Crippen LogP contribution in [0.5, 0.6) is 0 Å². The molecule has 0 saturated carbocycles. The van der Waals surface area contributed by atoms with Gasteiger partial charge in [-0.1, -0.05) is 26.0 Å². The molecule has 0 radical (unpaired) electrons. The van der Waals surface area contributed by atoms with Gasteiger partial charge < -0.3 is 4.74 Å². The molecule has 1 aromatic carbocycles. The van der Waals surface area contributed by atoms with Gasteiger partial charge in [0.05, 0.1) is 11.0 Å². The minimum atomic E-state index is -0.515. The molecule has 0 fully saturated rings. The van der Waals surface area contributed by atoms with Gasteiger partial charge in [-0.2, -0.15) is 0 Å². The summed E-state index contributed by atoms with van der Waals surface area (Å²) >= 11 is 0. The molecule has 0 aliphatic heterocycles. The largest absolute Gasteiger partial charge is 0.370 e. The first-order valence-electron chi connectivity index (χ1n) is 6.29. The van der Waals surface area contributed by atoms with Crippen LogP contribution in [0.4, 0.5) is 5.69 Å². The number of Topliss-reactive ketones (excluding diaryl/α,β-unsaturated/α-hetero) is 1. The number of nitro groups is 1. The molecule has 0 amide bonds. The molecule has 5 heteroatoms. The second kappa shape index (κ2) is 6.99. The van der Waals surface area contributed by atoms with Crippen molar-refractivity contribution in [2.24, 2.45) is 5.92 Å². The highest BCUT2D eigenvalue weighted by Gasteiger charge is 2.13. The second-order valence-electron chi connectivity index (χ2n) is 4.98. The number of nitro benzene ring substituents is 1. The van der Waals surface area contributed by atoms with Crippen LogP contribution >= 0.6 is 0 Å². The van der Waals surface area contributed by atoms with Crippen LogP contribution in [0, 0.1) is 16.0 Å². The molecule has 1 aromatic rings. The van der Waals surface area contributed by atoms with Crippen molar-refractivity contribution in [1.29, 1.82) is 0 Å². The standard InChI is InChI=1S/C14H19NO4/c1-10(2)7-11(3)19-9-14(16)12-5-4-6-13(8-12)15(17)18/h4-6,8,10-11H,7,9H2,1-3H3. The average molecular weight is 265 g/mol. The Morgan fingerprint density at radius 2 is 2.05 bits per heavy atom. The zero-order valence-electron chi connectivity index (χ0n) is 11.5. The number of carbonyl (C=O) groups is 1. The fourth-order valence-electron chi connectivity index (χ4n) is 1.83. The molecular formula is C14H19NO4. The van der Waals surface area contributed by atoms with Gasteiger partial charge in [0.2, 0.25) is 0 Å². The van der Waals surface area contributed by atoms with Crippen LogP contribution in [-0.2, 0) is 4.74 Å². The average Bonchev–Trinajstić information content (AvgIpc) is 2.35. The van der Waals surface area contributed by atoms with E-state index in [0.29, 0.717) is 11.5 Å². The summed E-state index contributed by atoms with van der Waals surface area (Å²) in [5, 5.41) is 10.6. The van der Waals surface area contributed by atoms with Crippen LogP contribution in [0.3, 0.4) is 0 Å². The Morgan fingerprint density at radius 1 is 1.37 bits per heavy atom. The van der Waals surface area contributed by atoms with Crippen LogP contribution in [0.2, 0.25) is 0 Å². The van der Waals surface area contributed by atoms with Gasteiger partial charge in [-0.15, -0.1) is 0 Å². The third kappa shape index (κ3) is 5.18. The van der Waals surface area contributed by atoms with Crippen LogP contribution in [0.25, 0.3) is 0 Å². The predicted octanol–water partition coefficient (Wildman–Crippen LogP) is 3.23. The molecule has 104 valence electrons. The van der Waals surface area contributed by atoms with Crippen molar-refractivity contribution in [3.8, 4) is 0 Å². The quantitative estimate of drug-likeness (QED) is 0.431. The lowest BCUT2D eigenvalue weighted by Crippen LogP contribution is -2.17. The number of ketones is 1. The van der Waals surface area contributed by atoms with E-state index in [-0.39, 0.29) is 24.2 Å². The maximum absolute atomic E-state index is 11.9. The minimum Gasteiger partial charge on any atom is -0.370 e. The van der Waals surface area contributed by atoms with E-state index in [2.05, 4.69) is 13.8 Å². The minimum absolute atomic E-state index is 0.00245. The molecule has 1 unspecified atom stereocenters. The number of hydrogen-bond donors (Lipinski definition) is 0. The molecule has 0 heterocycles. The van der Waals surface area contributed by atoms with Gasteiger partial charge in [0.1, 0.15) is 6.61 Å². The van der Waals surface area contributed by atoms with Crippen molar-refractivity contribution in [2.75, 3.05) is 6.61 Å². The maximum atomic E-state index is 11.9. The number of nitrogens with zero attached hydrogens (tertiary/aromatic N) is 1. The van der Waals surface area contributed by atoms with E-state index >= 15 is 0 Å². The van der Waals surface area contributed by atoms with Gasteiger partial charge in [0.15, 0.2) is 5.78 Å². The molecule has 5 nitrogen and oxygen atoms in total. The third-order valence-corrected chi connectivity index (χ3v) is 2.68. The SMILES string of the molecule is CC(C)CC(C)OCC(=O)c1cccc([N+](=O)[O-])c1. The lowest BCUT2D eigenvalue weighted by atomic mass is 10.1. The maximum Gasteiger partial charge on any atom is 0.270 e. The van der Waals surface area contributed by atoms with Gasteiger partial charge in [-0.05, 0) is 19.3 Å². The molecule has 0 N–H and O–H groups in total. The molecule has 0 spiro atoms. The number of benzene rings is 1. The molecule has 0 bridgehead atoms. The second-order valence-corrected chi connectivity index (χ2v) is 4.98. The summed E-state index contributed by atoms with van der Waals surface area (Å²) < 4.78 is 5.45. The Labute approximate surface area is 112 Å². The van der Waals surface area contributed by atoms with Crippen molar-refractivity contribution in [3.63, 3.8) is 0 Å². The first-order valence-corrected chi connectivity index (χ1v) is 6.29. The highest BCUT2D eigenvalue weighted by Crippen LogP contribution is 2.14. The Balaban J connectivity index is 2.58. The van der Waals surface area contributed by atoms with E-state index in [1.54, 1.807) is 6.07 Å². The van der Waals surface area contributed by atoms with E-state index in [1.807, 2.05) is 6.92 Å². The Morgan fingerprint density at radius 3 is 2.63 bits per heavy atom. The topological polar surface area (TPSA) is 69.4 Å². The fourth-order valence-corrected chi connectivity index (χ4v) is 1.83. The molecule has 0 aliphatic carbocycles. The van der Waals surface area contributed by atoms with E-state index in [1.165, 1.54) is 18.2 Å². The van der Waals surface area contributed by atoms with Crippen molar-refractivity contribution >= 4 is 11.5 Å². The summed E-state index contributed by atoms with van der Waals surface area (Å²) in [6.07, 6.45) is 0.880. The normalized spacial score (nSPS) is 12.4. The summed E-state index contributed by atoms with van der Waals surface area (Å²) in [6, 6.07) is 5.70. The zero-order chi connectivity index (χ0) is 14.4. The van der Waals surface area contributed by atoms with Gasteiger partial charge in [0.25, 0.3) is 5.69 Å². The summed E-state index contributed by atoms with van der Waals surface area (Å²) in [5.74, 6) is 0.266. The lowest BCUT2D eigenvalue weighted by molar-refractivity contribution is -0.384. The Bertz CT molecular complexity index is 457. The van der Waals surface area contributed by atoms with Gasteiger partial charge in [0, 0.05) is 17.7 Å². The third-order valence-electron chi connectivity index (χ3n) is 2.68. The Hall–Kier alpha value is -1.75. The highest BCUT2D eigenvalue weighted by molar-refractivity contribution is 5.97. The first-order chi connectivity index (χ1) is 8.90. The summed E-state index contributed by atoms with van der Waals surface area (Å²) in [5.41, 5.74) is 0.229. The van der Waals surface area contributed by atoms with Crippen molar-refractivity contribution in [1.82, 2.24) is 0 Å². The smallest absolute Gasteiger partial charge is 0.270 e. The molecule has 1 atom stereocenters. The van der Waals surface area contributed by atoms with Gasteiger partial charge >= 0.3 is 0 Å². The van der Waals surface area contributed by atoms with Crippen molar-refractivity contribution in [3.05, 3.63) is 39.9 Å². The van der Waals surface area contributed by atoms with Crippen LogP contribution in [0.1, 0.15) is 37.6 Å². The molecule has 19 heavy (non-hydrogen) atoms. The molecule has 0 saturated heterocycles. The fraction of sp³-hybridized carbons (Fsp3) is 0.500. The van der Waals surface area contributed by atoms with Crippen molar-refractivity contribution in [2.45, 2.75) is 33.3 Å². The number of non-ortho nitro benzene ring substituents is 1.